The quantitative estimate of drug-likeness (QED) is 0.322. The van der Waals surface area contributed by atoms with Gasteiger partial charge in [-0.15, -0.1) is 0 Å². The molecule has 0 saturated heterocycles. The number of ketones is 1. The van der Waals surface area contributed by atoms with Gasteiger partial charge >= 0.3 is 5.97 Å². The van der Waals surface area contributed by atoms with E-state index in [1.54, 1.807) is 12.1 Å². The van der Waals surface area contributed by atoms with Gasteiger partial charge in [0.2, 0.25) is 5.78 Å². The first kappa shape index (κ1) is 16.3. The van der Waals surface area contributed by atoms with Gasteiger partial charge in [0.05, 0.1) is 18.4 Å². The van der Waals surface area contributed by atoms with Crippen molar-refractivity contribution in [2.24, 2.45) is 0 Å². The molecule has 122 valence electrons. The maximum Gasteiger partial charge on any atom is 0.339 e. The van der Waals surface area contributed by atoms with Crippen LogP contribution in [0.1, 0.15) is 32.0 Å². The molecule has 3 aromatic rings. The zero-order chi connectivity index (χ0) is 17.3. The number of benzene rings is 1. The summed E-state index contributed by atoms with van der Waals surface area (Å²) in [5.41, 5.74) is 9.02. The Balaban J connectivity index is 2.15. The molecule has 0 aliphatic rings. The van der Waals surface area contributed by atoms with Crippen LogP contribution in [0.25, 0.3) is 5.52 Å². The van der Waals surface area contributed by atoms with E-state index in [-0.39, 0.29) is 17.0 Å². The van der Waals surface area contributed by atoms with Gasteiger partial charge in [-0.05, 0) is 42.0 Å². The smallest absolute Gasteiger partial charge is 0.339 e. The number of methoxy groups -OCH3 is 1. The van der Waals surface area contributed by atoms with Gasteiger partial charge in [-0.2, -0.15) is 0 Å². The molecule has 0 aliphatic carbocycles. The number of carbonyl (C=O) groups excluding carboxylic acids is 2. The number of nitrogens with two attached hydrogens (primary N) is 1. The SMILES string of the molecule is COC(=O)c1cc(C(=O)c2c(CBr)cc3ccccn23)ccc1N. The number of rotatable bonds is 4. The lowest BCUT2D eigenvalue weighted by Crippen LogP contribution is -2.11. The second kappa shape index (κ2) is 6.49. The summed E-state index contributed by atoms with van der Waals surface area (Å²) < 4.78 is 6.56. The third-order valence-electron chi connectivity index (χ3n) is 3.84. The number of esters is 1. The molecular weight excluding hydrogens is 372 g/mol. The second-order valence-electron chi connectivity index (χ2n) is 5.27. The van der Waals surface area contributed by atoms with E-state index in [1.807, 2.05) is 34.9 Å². The number of ether oxygens (including phenoxy) is 1. The van der Waals surface area contributed by atoms with Crippen LogP contribution in [0, 0.1) is 0 Å². The number of pyridine rings is 1. The van der Waals surface area contributed by atoms with E-state index in [2.05, 4.69) is 15.9 Å². The van der Waals surface area contributed by atoms with E-state index in [9.17, 15) is 9.59 Å². The van der Waals surface area contributed by atoms with E-state index >= 15 is 0 Å². The molecule has 2 heterocycles. The topological polar surface area (TPSA) is 73.8 Å². The second-order valence-corrected chi connectivity index (χ2v) is 5.83. The minimum absolute atomic E-state index is 0.180. The fraction of sp³-hybridized carbons (Fsp3) is 0.111. The highest BCUT2D eigenvalue weighted by molar-refractivity contribution is 9.08. The van der Waals surface area contributed by atoms with Gasteiger partial charge < -0.3 is 14.9 Å². The van der Waals surface area contributed by atoms with E-state index in [0.717, 1.165) is 11.1 Å². The number of nitrogen functional groups attached to an aromatic ring is 1. The van der Waals surface area contributed by atoms with Crippen molar-refractivity contribution in [3.63, 3.8) is 0 Å². The van der Waals surface area contributed by atoms with Crippen LogP contribution in [0.3, 0.4) is 0 Å². The van der Waals surface area contributed by atoms with Crippen molar-refractivity contribution in [2.45, 2.75) is 5.33 Å². The zero-order valence-electron chi connectivity index (χ0n) is 13.0. The predicted molar refractivity (Wildman–Crippen MR) is 95.7 cm³/mol. The average molecular weight is 387 g/mol. The molecule has 5 nitrogen and oxygen atoms in total. The Morgan fingerprint density at radius 3 is 2.71 bits per heavy atom. The molecule has 2 aromatic heterocycles. The number of halogens is 1. The van der Waals surface area contributed by atoms with Crippen molar-refractivity contribution in [3.8, 4) is 0 Å². The number of hydrogen-bond acceptors (Lipinski definition) is 4. The summed E-state index contributed by atoms with van der Waals surface area (Å²) in [5.74, 6) is -0.747. The van der Waals surface area contributed by atoms with Gasteiger partial charge in [0.15, 0.2) is 0 Å². The number of alkyl halides is 1. The number of aromatic nitrogens is 1. The molecule has 0 bridgehead atoms. The molecule has 0 spiro atoms. The maximum absolute atomic E-state index is 13.0. The lowest BCUT2D eigenvalue weighted by Gasteiger charge is -2.08. The Labute approximate surface area is 147 Å². The third-order valence-corrected chi connectivity index (χ3v) is 4.44. The Kier molecular flexibility index (Phi) is 4.40. The van der Waals surface area contributed by atoms with Crippen molar-refractivity contribution in [1.29, 1.82) is 0 Å². The molecule has 24 heavy (non-hydrogen) atoms. The van der Waals surface area contributed by atoms with Crippen LogP contribution in [0.5, 0.6) is 0 Å². The van der Waals surface area contributed by atoms with E-state index < -0.39 is 5.97 Å². The third kappa shape index (κ3) is 2.69. The lowest BCUT2D eigenvalue weighted by atomic mass is 10.0. The van der Waals surface area contributed by atoms with Crippen molar-refractivity contribution >= 4 is 38.9 Å². The maximum atomic E-state index is 13.0. The number of fused-ring (bicyclic) bond motifs is 1. The summed E-state index contributed by atoms with van der Waals surface area (Å²) in [6.07, 6.45) is 1.84. The number of anilines is 1. The highest BCUT2D eigenvalue weighted by atomic mass is 79.9. The molecule has 0 unspecified atom stereocenters. The van der Waals surface area contributed by atoms with Gasteiger partial charge in [-0.3, -0.25) is 4.79 Å². The van der Waals surface area contributed by atoms with Crippen LogP contribution in [-0.4, -0.2) is 23.3 Å². The van der Waals surface area contributed by atoms with Gasteiger partial charge in [0.25, 0.3) is 0 Å². The Hall–Kier alpha value is -2.60. The highest BCUT2D eigenvalue weighted by Crippen LogP contribution is 2.24. The molecule has 0 amide bonds. The molecule has 0 radical (unpaired) electrons. The van der Waals surface area contributed by atoms with Crippen LogP contribution in [0.2, 0.25) is 0 Å². The van der Waals surface area contributed by atoms with E-state index in [0.29, 0.717) is 16.6 Å². The fourth-order valence-corrected chi connectivity index (χ4v) is 3.08. The highest BCUT2D eigenvalue weighted by Gasteiger charge is 2.20. The van der Waals surface area contributed by atoms with Gasteiger partial charge in [-0.25, -0.2) is 4.79 Å². The van der Waals surface area contributed by atoms with Crippen LogP contribution in [0.15, 0.2) is 48.7 Å². The van der Waals surface area contributed by atoms with E-state index in [4.69, 9.17) is 10.5 Å². The van der Waals surface area contributed by atoms with Crippen LogP contribution >= 0.6 is 15.9 Å². The van der Waals surface area contributed by atoms with Crippen LogP contribution in [0.4, 0.5) is 5.69 Å². The molecule has 0 aliphatic heterocycles. The molecule has 2 N–H and O–H groups in total. The number of nitrogens with zero attached hydrogens (tertiary/aromatic N) is 1. The number of carbonyl (C=O) groups is 2. The monoisotopic (exact) mass is 386 g/mol. The summed E-state index contributed by atoms with van der Waals surface area (Å²) in [6.45, 7) is 0. The summed E-state index contributed by atoms with van der Waals surface area (Å²) in [7, 11) is 1.28. The predicted octanol–water partition coefficient (Wildman–Crippen LogP) is 3.43. The standard InChI is InChI=1S/C18H15BrN2O3/c1-24-18(23)14-9-11(5-6-15(14)20)17(22)16-12(10-19)8-13-4-2-3-7-21(13)16/h2-9H,10,20H2,1H3. The Morgan fingerprint density at radius 1 is 1.21 bits per heavy atom. The first-order valence-corrected chi connectivity index (χ1v) is 8.36. The fourth-order valence-electron chi connectivity index (χ4n) is 2.66. The van der Waals surface area contributed by atoms with E-state index in [1.165, 1.54) is 13.2 Å². The summed E-state index contributed by atoms with van der Waals surface area (Å²) in [4.78, 5) is 24.8. The van der Waals surface area contributed by atoms with Crippen molar-refractivity contribution in [1.82, 2.24) is 4.40 Å². The molecule has 6 heteroatoms. The van der Waals surface area contributed by atoms with Gasteiger partial charge in [0.1, 0.15) is 0 Å². The minimum Gasteiger partial charge on any atom is -0.465 e. The largest absolute Gasteiger partial charge is 0.465 e. The molecular formula is C18H15BrN2O3. The van der Waals surface area contributed by atoms with Gasteiger partial charge in [-0.1, -0.05) is 22.0 Å². The first-order valence-electron chi connectivity index (χ1n) is 7.24. The zero-order valence-corrected chi connectivity index (χ0v) is 14.5. The molecule has 0 saturated carbocycles. The summed E-state index contributed by atoms with van der Waals surface area (Å²) in [6, 6.07) is 12.3. The molecule has 1 aromatic carbocycles. The minimum atomic E-state index is -0.567. The van der Waals surface area contributed by atoms with Crippen molar-refractivity contribution in [3.05, 3.63) is 71.0 Å². The van der Waals surface area contributed by atoms with Crippen molar-refractivity contribution < 1.29 is 14.3 Å². The summed E-state index contributed by atoms with van der Waals surface area (Å²) >= 11 is 3.43. The average Bonchev–Trinajstić information content (AvgIpc) is 2.99. The van der Waals surface area contributed by atoms with Crippen LogP contribution in [-0.2, 0) is 10.1 Å². The summed E-state index contributed by atoms with van der Waals surface area (Å²) in [5, 5.41) is 0.550. The molecule has 3 rings (SSSR count). The Morgan fingerprint density at radius 2 is 2.00 bits per heavy atom. The normalized spacial score (nSPS) is 10.8. The lowest BCUT2D eigenvalue weighted by molar-refractivity contribution is 0.0602. The Bertz CT molecular complexity index is 947. The van der Waals surface area contributed by atoms with Crippen LogP contribution < -0.4 is 5.73 Å². The molecule has 0 fully saturated rings. The first-order chi connectivity index (χ1) is 11.6. The van der Waals surface area contributed by atoms with Gasteiger partial charge in [0, 0.05) is 28.3 Å². The molecule has 0 atom stereocenters. The number of hydrogen-bond donors (Lipinski definition) is 1. The van der Waals surface area contributed by atoms with Crippen molar-refractivity contribution in [2.75, 3.05) is 12.8 Å².